The second-order valence-electron chi connectivity index (χ2n) is 5.59. The largest absolute Gasteiger partial charge is 0.326 e. The van der Waals surface area contributed by atoms with Crippen molar-refractivity contribution in [3.8, 4) is 0 Å². The summed E-state index contributed by atoms with van der Waals surface area (Å²) in [5, 5.41) is 2.98. The quantitative estimate of drug-likeness (QED) is 0.678. The predicted octanol–water partition coefficient (Wildman–Crippen LogP) is 5.49. The number of nitrogens with one attached hydrogen (secondary N) is 1. The molecule has 0 aliphatic heterocycles. The number of benzene rings is 3. The number of anilines is 2. The Kier molecular flexibility index (Phi) is 4.92. The van der Waals surface area contributed by atoms with Gasteiger partial charge in [0.25, 0.3) is 0 Å². The Labute approximate surface area is 142 Å². The monoisotopic (exact) mass is 316 g/mol. The molecule has 0 aliphatic carbocycles. The van der Waals surface area contributed by atoms with Gasteiger partial charge in [-0.25, -0.2) is 4.79 Å². The van der Waals surface area contributed by atoms with E-state index in [9.17, 15) is 4.79 Å². The highest BCUT2D eigenvalue weighted by molar-refractivity contribution is 6.02. The highest BCUT2D eigenvalue weighted by Crippen LogP contribution is 2.27. The second kappa shape index (κ2) is 7.47. The highest BCUT2D eigenvalue weighted by Gasteiger charge is 2.23. The molecule has 0 radical (unpaired) electrons. The predicted molar refractivity (Wildman–Crippen MR) is 99.2 cm³/mol. The van der Waals surface area contributed by atoms with Crippen LogP contribution in [0.4, 0.5) is 16.2 Å². The van der Waals surface area contributed by atoms with Gasteiger partial charge in [-0.2, -0.15) is 0 Å². The van der Waals surface area contributed by atoms with Crippen molar-refractivity contribution in [2.24, 2.45) is 0 Å². The first-order valence-electron chi connectivity index (χ1n) is 8.01. The molecule has 2 amide bonds. The van der Waals surface area contributed by atoms with E-state index in [4.69, 9.17) is 0 Å². The first-order chi connectivity index (χ1) is 11.8. The van der Waals surface area contributed by atoms with E-state index in [0.29, 0.717) is 0 Å². The second-order valence-corrected chi connectivity index (χ2v) is 5.59. The summed E-state index contributed by atoms with van der Waals surface area (Å²) in [6.45, 7) is 2.03. The lowest BCUT2D eigenvalue weighted by Crippen LogP contribution is -2.37. The van der Waals surface area contributed by atoms with Crippen LogP contribution in [0.25, 0.3) is 0 Å². The number of hydrogen-bond acceptors (Lipinski definition) is 1. The summed E-state index contributed by atoms with van der Waals surface area (Å²) >= 11 is 0. The highest BCUT2D eigenvalue weighted by atomic mass is 16.2. The average molecular weight is 316 g/mol. The molecule has 0 unspecified atom stereocenters. The number of amides is 2. The SMILES string of the molecule is C[C@H](c1ccccc1)N(C(=O)Nc1ccccc1)c1ccccc1. The Bertz CT molecular complexity index is 773. The maximum absolute atomic E-state index is 12.9. The molecule has 3 aromatic carbocycles. The summed E-state index contributed by atoms with van der Waals surface area (Å²) in [6.07, 6.45) is 0. The first kappa shape index (κ1) is 15.8. The lowest BCUT2D eigenvalue weighted by molar-refractivity contribution is 0.255. The number of carbonyl (C=O) groups excluding carboxylic acids is 1. The van der Waals surface area contributed by atoms with Gasteiger partial charge in [-0.1, -0.05) is 66.7 Å². The molecule has 0 fully saturated rings. The minimum Gasteiger partial charge on any atom is -0.308 e. The third-order valence-electron chi connectivity index (χ3n) is 3.95. The van der Waals surface area contributed by atoms with E-state index in [1.807, 2.05) is 97.9 Å². The van der Waals surface area contributed by atoms with Crippen molar-refractivity contribution >= 4 is 17.4 Å². The zero-order chi connectivity index (χ0) is 16.8. The number of urea groups is 1. The molecular formula is C21H20N2O. The van der Waals surface area contributed by atoms with Gasteiger partial charge in [0.1, 0.15) is 0 Å². The van der Waals surface area contributed by atoms with Crippen LogP contribution in [0.15, 0.2) is 91.0 Å². The van der Waals surface area contributed by atoms with Gasteiger partial charge in [0.05, 0.1) is 6.04 Å². The molecule has 0 bridgehead atoms. The normalized spacial score (nSPS) is 11.5. The maximum Gasteiger partial charge on any atom is 0.326 e. The van der Waals surface area contributed by atoms with Gasteiger partial charge in [0, 0.05) is 11.4 Å². The van der Waals surface area contributed by atoms with Crippen LogP contribution in [0.1, 0.15) is 18.5 Å². The van der Waals surface area contributed by atoms with Gasteiger partial charge in [-0.05, 0) is 36.8 Å². The van der Waals surface area contributed by atoms with Crippen LogP contribution in [0.2, 0.25) is 0 Å². The topological polar surface area (TPSA) is 32.3 Å². The third-order valence-corrected chi connectivity index (χ3v) is 3.95. The van der Waals surface area contributed by atoms with E-state index in [1.165, 1.54) is 0 Å². The first-order valence-corrected chi connectivity index (χ1v) is 8.01. The summed E-state index contributed by atoms with van der Waals surface area (Å²) in [5.74, 6) is 0. The molecule has 24 heavy (non-hydrogen) atoms. The minimum atomic E-state index is -0.149. The summed E-state index contributed by atoms with van der Waals surface area (Å²) in [4.78, 5) is 14.7. The number of nitrogens with zero attached hydrogens (tertiary/aromatic N) is 1. The van der Waals surface area contributed by atoms with Crippen molar-refractivity contribution in [1.29, 1.82) is 0 Å². The Morgan fingerprint density at radius 1 is 0.792 bits per heavy atom. The van der Waals surface area contributed by atoms with E-state index in [2.05, 4.69) is 5.32 Å². The molecule has 0 aromatic heterocycles. The Hall–Kier alpha value is -3.07. The Morgan fingerprint density at radius 3 is 1.88 bits per heavy atom. The zero-order valence-corrected chi connectivity index (χ0v) is 13.6. The van der Waals surface area contributed by atoms with Gasteiger partial charge in [0.2, 0.25) is 0 Å². The summed E-state index contributed by atoms with van der Waals surface area (Å²) in [6, 6.07) is 29.0. The average Bonchev–Trinajstić information content (AvgIpc) is 2.64. The van der Waals surface area contributed by atoms with Crippen molar-refractivity contribution in [2.75, 3.05) is 10.2 Å². The summed E-state index contributed by atoms with van der Waals surface area (Å²) in [7, 11) is 0. The summed E-state index contributed by atoms with van der Waals surface area (Å²) < 4.78 is 0. The lowest BCUT2D eigenvalue weighted by Gasteiger charge is -2.30. The van der Waals surface area contributed by atoms with Crippen LogP contribution in [-0.2, 0) is 0 Å². The Morgan fingerprint density at radius 2 is 1.29 bits per heavy atom. The van der Waals surface area contributed by atoms with Crippen LogP contribution in [0.5, 0.6) is 0 Å². The fourth-order valence-electron chi connectivity index (χ4n) is 2.69. The van der Waals surface area contributed by atoms with Gasteiger partial charge in [-0.15, -0.1) is 0 Å². The maximum atomic E-state index is 12.9. The smallest absolute Gasteiger partial charge is 0.308 e. The molecule has 120 valence electrons. The molecule has 3 aromatic rings. The molecule has 0 saturated heterocycles. The van der Waals surface area contributed by atoms with E-state index in [0.717, 1.165) is 16.9 Å². The molecule has 0 spiro atoms. The van der Waals surface area contributed by atoms with E-state index in [1.54, 1.807) is 4.90 Å². The number of rotatable bonds is 4. The molecule has 0 saturated carbocycles. The van der Waals surface area contributed by atoms with Gasteiger partial charge in [0.15, 0.2) is 0 Å². The number of para-hydroxylation sites is 2. The van der Waals surface area contributed by atoms with Crippen LogP contribution < -0.4 is 10.2 Å². The van der Waals surface area contributed by atoms with E-state index < -0.39 is 0 Å². The Balaban J connectivity index is 1.92. The van der Waals surface area contributed by atoms with Crippen LogP contribution in [0.3, 0.4) is 0 Å². The zero-order valence-electron chi connectivity index (χ0n) is 13.6. The van der Waals surface area contributed by atoms with Gasteiger partial charge < -0.3 is 5.32 Å². The molecule has 3 rings (SSSR count). The molecule has 3 heteroatoms. The third kappa shape index (κ3) is 3.63. The fraction of sp³-hybridized carbons (Fsp3) is 0.0952. The van der Waals surface area contributed by atoms with Crippen molar-refractivity contribution in [1.82, 2.24) is 0 Å². The number of carbonyl (C=O) groups is 1. The van der Waals surface area contributed by atoms with Crippen molar-refractivity contribution in [2.45, 2.75) is 13.0 Å². The molecule has 0 aliphatic rings. The molecular weight excluding hydrogens is 296 g/mol. The fourth-order valence-corrected chi connectivity index (χ4v) is 2.69. The molecule has 1 atom stereocenters. The minimum absolute atomic E-state index is 0.0858. The van der Waals surface area contributed by atoms with Crippen molar-refractivity contribution in [3.05, 3.63) is 96.6 Å². The van der Waals surface area contributed by atoms with E-state index >= 15 is 0 Å². The number of hydrogen-bond donors (Lipinski definition) is 1. The van der Waals surface area contributed by atoms with Crippen molar-refractivity contribution < 1.29 is 4.79 Å². The lowest BCUT2D eigenvalue weighted by atomic mass is 10.1. The standard InChI is InChI=1S/C21H20N2O/c1-17(18-11-5-2-6-12-18)23(20-15-9-4-10-16-20)21(24)22-19-13-7-3-8-14-19/h2-17H,1H3,(H,22,24)/t17-/m1/s1. The molecule has 0 heterocycles. The van der Waals surface area contributed by atoms with Gasteiger partial charge >= 0.3 is 6.03 Å². The van der Waals surface area contributed by atoms with Crippen LogP contribution >= 0.6 is 0 Å². The molecule has 1 N–H and O–H groups in total. The van der Waals surface area contributed by atoms with Gasteiger partial charge in [-0.3, -0.25) is 4.90 Å². The van der Waals surface area contributed by atoms with Crippen molar-refractivity contribution in [3.63, 3.8) is 0 Å². The van der Waals surface area contributed by atoms with E-state index in [-0.39, 0.29) is 12.1 Å². The van der Waals surface area contributed by atoms with Crippen LogP contribution in [-0.4, -0.2) is 6.03 Å². The molecule has 3 nitrogen and oxygen atoms in total. The van der Waals surface area contributed by atoms with Crippen LogP contribution in [0, 0.1) is 0 Å². The summed E-state index contributed by atoms with van der Waals surface area (Å²) in [5.41, 5.74) is 2.73.